The van der Waals surface area contributed by atoms with E-state index in [2.05, 4.69) is 0 Å². The first-order valence-electron chi connectivity index (χ1n) is 4.62. The van der Waals surface area contributed by atoms with Gasteiger partial charge in [-0.05, 0) is 19.1 Å². The van der Waals surface area contributed by atoms with E-state index in [0.29, 0.717) is 12.1 Å². The van der Waals surface area contributed by atoms with E-state index in [-0.39, 0.29) is 0 Å². The average molecular weight is 263 g/mol. The predicted molar refractivity (Wildman–Crippen MR) is 51.1 cm³/mol. The van der Waals surface area contributed by atoms with Crippen LogP contribution in [0.15, 0.2) is 12.1 Å². The Labute approximate surface area is 98.6 Å². The predicted octanol–water partition coefficient (Wildman–Crippen LogP) is 3.72. The lowest BCUT2D eigenvalue weighted by molar-refractivity contribution is -0.138. The molecule has 96 valence electrons. The summed E-state index contributed by atoms with van der Waals surface area (Å²) < 4.78 is 63.3. The minimum atomic E-state index is -4.97. The molecule has 0 heterocycles. The number of alkyl halides is 5. The summed E-state index contributed by atoms with van der Waals surface area (Å²) in [5.74, 6) is -1.12. The minimum absolute atomic E-state index is 0.391. The van der Waals surface area contributed by atoms with E-state index in [4.69, 9.17) is 5.26 Å². The lowest BCUT2D eigenvalue weighted by Crippen LogP contribution is -2.15. The van der Waals surface area contributed by atoms with Crippen LogP contribution in [-0.2, 0) is 6.18 Å². The van der Waals surface area contributed by atoms with E-state index in [1.807, 2.05) is 0 Å². The zero-order valence-corrected chi connectivity index (χ0v) is 8.98. The van der Waals surface area contributed by atoms with Crippen molar-refractivity contribution >= 4 is 5.78 Å². The standard InChI is InChI=1S/C11H6F5NO/c1-5(18)9-7(10(12)13)2-6(4-17)3-8(9)11(14,15)16/h2-3,10H,1H3. The number of ketones is 1. The highest BCUT2D eigenvalue weighted by Crippen LogP contribution is 2.37. The molecule has 0 aromatic heterocycles. The monoisotopic (exact) mass is 263 g/mol. The van der Waals surface area contributed by atoms with Gasteiger partial charge in [-0.3, -0.25) is 4.79 Å². The van der Waals surface area contributed by atoms with Gasteiger partial charge in [0.25, 0.3) is 6.43 Å². The summed E-state index contributed by atoms with van der Waals surface area (Å²) in [6.45, 7) is 0.766. The van der Waals surface area contributed by atoms with Crippen molar-refractivity contribution in [3.8, 4) is 6.07 Å². The van der Waals surface area contributed by atoms with Gasteiger partial charge in [-0.15, -0.1) is 0 Å². The van der Waals surface area contributed by atoms with Crippen molar-refractivity contribution in [3.63, 3.8) is 0 Å². The van der Waals surface area contributed by atoms with Crippen LogP contribution in [0.25, 0.3) is 0 Å². The molecule has 0 aliphatic rings. The molecule has 0 spiro atoms. The molecule has 0 N–H and O–H groups in total. The molecule has 0 amide bonds. The number of benzene rings is 1. The molecule has 0 aliphatic heterocycles. The molecule has 0 unspecified atom stereocenters. The Morgan fingerprint density at radius 3 is 2.22 bits per heavy atom. The maximum Gasteiger partial charge on any atom is 0.417 e. The molecule has 0 saturated heterocycles. The number of rotatable bonds is 2. The highest BCUT2D eigenvalue weighted by molar-refractivity contribution is 5.97. The largest absolute Gasteiger partial charge is 0.417 e. The zero-order chi connectivity index (χ0) is 14.1. The molecule has 1 aromatic carbocycles. The first kappa shape index (κ1) is 14.1. The quantitative estimate of drug-likeness (QED) is 0.602. The summed E-state index contributed by atoms with van der Waals surface area (Å²) in [6, 6.07) is 2.34. The molecule has 0 bridgehead atoms. The SMILES string of the molecule is CC(=O)c1c(C(F)F)cc(C#N)cc1C(F)(F)F. The fourth-order valence-electron chi connectivity index (χ4n) is 1.52. The molecular weight excluding hydrogens is 257 g/mol. The second-order valence-corrected chi connectivity index (χ2v) is 3.45. The maximum atomic E-state index is 12.7. The van der Waals surface area contributed by atoms with Crippen LogP contribution in [0, 0.1) is 11.3 Å². The fourth-order valence-corrected chi connectivity index (χ4v) is 1.52. The lowest BCUT2D eigenvalue weighted by Gasteiger charge is -2.15. The normalized spacial score (nSPS) is 11.4. The van der Waals surface area contributed by atoms with E-state index in [1.54, 1.807) is 0 Å². The Bertz CT molecular complexity index is 527. The van der Waals surface area contributed by atoms with Gasteiger partial charge in [0.2, 0.25) is 0 Å². The van der Waals surface area contributed by atoms with E-state index in [1.165, 1.54) is 6.07 Å². The van der Waals surface area contributed by atoms with E-state index in [0.717, 1.165) is 6.92 Å². The van der Waals surface area contributed by atoms with Crippen molar-refractivity contribution in [1.29, 1.82) is 5.26 Å². The number of Topliss-reactive ketones (excluding diaryl/α,β-unsaturated/α-hetero) is 1. The van der Waals surface area contributed by atoms with E-state index in [9.17, 15) is 26.7 Å². The summed E-state index contributed by atoms with van der Waals surface area (Å²) in [5, 5.41) is 8.52. The van der Waals surface area contributed by atoms with Crippen LogP contribution in [0.1, 0.15) is 40.4 Å². The molecule has 0 radical (unpaired) electrons. The van der Waals surface area contributed by atoms with Crippen molar-refractivity contribution < 1.29 is 26.7 Å². The smallest absolute Gasteiger partial charge is 0.294 e. The maximum absolute atomic E-state index is 12.7. The lowest BCUT2D eigenvalue weighted by atomic mass is 9.95. The number of carbonyl (C=O) groups is 1. The number of carbonyl (C=O) groups excluding carboxylic acids is 1. The van der Waals surface area contributed by atoms with Crippen LogP contribution in [0.5, 0.6) is 0 Å². The molecule has 0 saturated carbocycles. The molecular formula is C11H6F5NO. The third-order valence-corrected chi connectivity index (χ3v) is 2.19. The second-order valence-electron chi connectivity index (χ2n) is 3.45. The van der Waals surface area contributed by atoms with Crippen molar-refractivity contribution in [2.45, 2.75) is 19.5 Å². The zero-order valence-electron chi connectivity index (χ0n) is 8.98. The topological polar surface area (TPSA) is 40.9 Å². The summed E-state index contributed by atoms with van der Waals surface area (Å²) >= 11 is 0. The number of halogens is 5. The van der Waals surface area contributed by atoms with Gasteiger partial charge in [0.1, 0.15) is 0 Å². The summed E-state index contributed by atoms with van der Waals surface area (Å²) in [6.07, 6.45) is -8.24. The summed E-state index contributed by atoms with van der Waals surface area (Å²) in [4.78, 5) is 11.1. The molecule has 1 aromatic rings. The molecule has 0 fully saturated rings. The van der Waals surface area contributed by atoms with Gasteiger partial charge in [0.15, 0.2) is 5.78 Å². The Kier molecular flexibility index (Phi) is 3.70. The molecule has 0 aliphatic carbocycles. The van der Waals surface area contributed by atoms with Crippen LogP contribution >= 0.6 is 0 Å². The highest BCUT2D eigenvalue weighted by Gasteiger charge is 2.37. The highest BCUT2D eigenvalue weighted by atomic mass is 19.4. The third-order valence-electron chi connectivity index (χ3n) is 2.19. The van der Waals surface area contributed by atoms with Crippen LogP contribution in [0.3, 0.4) is 0 Å². The number of nitrogens with zero attached hydrogens (tertiary/aromatic N) is 1. The Balaban J connectivity index is 3.73. The van der Waals surface area contributed by atoms with Gasteiger partial charge < -0.3 is 0 Å². The van der Waals surface area contributed by atoms with E-state index < -0.39 is 40.6 Å². The molecule has 18 heavy (non-hydrogen) atoms. The fraction of sp³-hybridized carbons (Fsp3) is 0.273. The second kappa shape index (κ2) is 4.72. The Morgan fingerprint density at radius 2 is 1.89 bits per heavy atom. The van der Waals surface area contributed by atoms with Crippen LogP contribution < -0.4 is 0 Å². The Hall–Kier alpha value is -1.97. The first-order valence-corrected chi connectivity index (χ1v) is 4.62. The summed E-state index contributed by atoms with van der Waals surface area (Å²) in [5.41, 5.74) is -4.24. The van der Waals surface area contributed by atoms with Gasteiger partial charge >= 0.3 is 6.18 Å². The number of hydrogen-bond donors (Lipinski definition) is 0. The van der Waals surface area contributed by atoms with Crippen molar-refractivity contribution in [1.82, 2.24) is 0 Å². The van der Waals surface area contributed by atoms with E-state index >= 15 is 0 Å². The molecule has 0 atom stereocenters. The van der Waals surface area contributed by atoms with Crippen LogP contribution in [0.4, 0.5) is 22.0 Å². The van der Waals surface area contributed by atoms with Gasteiger partial charge in [0.05, 0.1) is 17.2 Å². The summed E-state index contributed by atoms with van der Waals surface area (Å²) in [7, 11) is 0. The third kappa shape index (κ3) is 2.64. The van der Waals surface area contributed by atoms with Crippen LogP contribution in [0.2, 0.25) is 0 Å². The van der Waals surface area contributed by atoms with Crippen LogP contribution in [-0.4, -0.2) is 5.78 Å². The van der Waals surface area contributed by atoms with Crippen molar-refractivity contribution in [2.75, 3.05) is 0 Å². The Morgan fingerprint density at radius 1 is 1.33 bits per heavy atom. The van der Waals surface area contributed by atoms with Crippen molar-refractivity contribution in [3.05, 3.63) is 34.4 Å². The average Bonchev–Trinajstić information content (AvgIpc) is 2.25. The van der Waals surface area contributed by atoms with Crippen molar-refractivity contribution in [2.24, 2.45) is 0 Å². The van der Waals surface area contributed by atoms with Gasteiger partial charge in [-0.2, -0.15) is 18.4 Å². The number of nitriles is 1. The minimum Gasteiger partial charge on any atom is -0.294 e. The molecule has 7 heteroatoms. The molecule has 1 rings (SSSR count). The van der Waals surface area contributed by atoms with Gasteiger partial charge in [-0.1, -0.05) is 0 Å². The van der Waals surface area contributed by atoms with Gasteiger partial charge in [0, 0.05) is 11.1 Å². The molecule has 2 nitrogen and oxygen atoms in total. The van der Waals surface area contributed by atoms with Gasteiger partial charge in [-0.25, -0.2) is 8.78 Å². The first-order chi connectivity index (χ1) is 8.18. The number of hydrogen-bond acceptors (Lipinski definition) is 2.